The van der Waals surface area contributed by atoms with Gasteiger partial charge in [-0.2, -0.15) is 4.31 Å². The van der Waals surface area contributed by atoms with Gasteiger partial charge in [-0.15, -0.1) is 11.8 Å². The van der Waals surface area contributed by atoms with E-state index >= 15 is 0 Å². The molecule has 1 aliphatic carbocycles. The van der Waals surface area contributed by atoms with Crippen LogP contribution in [0.5, 0.6) is 5.75 Å². The molecule has 3 heterocycles. The average Bonchev–Trinajstić information content (AvgIpc) is 3.20. The molecule has 0 N–H and O–H groups in total. The first kappa shape index (κ1) is 13.8. The Morgan fingerprint density at radius 2 is 2.19 bits per heavy atom. The first-order valence-corrected chi connectivity index (χ1v) is 9.76. The zero-order chi connectivity index (χ0) is 14.5. The number of nitrogens with zero attached hydrogens (tertiary/aromatic N) is 2. The second kappa shape index (κ2) is 4.86. The van der Waals surface area contributed by atoms with Crippen molar-refractivity contribution < 1.29 is 13.2 Å². The number of sulfonamides is 1. The highest BCUT2D eigenvalue weighted by molar-refractivity contribution is 8.01. The molecular weight excluding hydrogens is 308 g/mol. The molecule has 1 atom stereocenters. The Morgan fingerprint density at radius 1 is 1.38 bits per heavy atom. The Morgan fingerprint density at radius 3 is 2.86 bits per heavy atom. The van der Waals surface area contributed by atoms with Crippen LogP contribution in [0.15, 0.2) is 24.5 Å². The zero-order valence-corrected chi connectivity index (χ0v) is 13.3. The maximum atomic E-state index is 12.2. The van der Waals surface area contributed by atoms with Crippen LogP contribution in [0.4, 0.5) is 0 Å². The number of thioether (sulfide) groups is 1. The van der Waals surface area contributed by atoms with E-state index in [4.69, 9.17) is 4.74 Å². The minimum atomic E-state index is -3.00. The van der Waals surface area contributed by atoms with Gasteiger partial charge < -0.3 is 4.74 Å². The molecule has 1 spiro atoms. The lowest BCUT2D eigenvalue weighted by atomic mass is 9.95. The molecule has 2 aliphatic heterocycles. The van der Waals surface area contributed by atoms with Crippen molar-refractivity contribution >= 4 is 21.8 Å². The molecule has 1 aromatic heterocycles. The maximum Gasteiger partial charge on any atom is 0.217 e. The van der Waals surface area contributed by atoms with Gasteiger partial charge in [0.2, 0.25) is 10.0 Å². The maximum absolute atomic E-state index is 12.2. The average molecular weight is 326 g/mol. The molecule has 5 nitrogen and oxygen atoms in total. The van der Waals surface area contributed by atoms with Crippen LogP contribution in [-0.4, -0.2) is 52.7 Å². The van der Waals surface area contributed by atoms with Gasteiger partial charge in [0.25, 0.3) is 0 Å². The fourth-order valence-corrected chi connectivity index (χ4v) is 6.76. The van der Waals surface area contributed by atoms with E-state index in [1.165, 1.54) is 0 Å². The molecule has 2 saturated heterocycles. The standard InChI is InChI=1S/C14H18N2O3S2/c17-21(18,13-3-4-13)16-9-14(10-16)6-12(8-20-14)19-11-2-1-5-15-7-11/h1-2,5,7,12-13H,3-4,6,8-10H2/t12-/m1/s1. The lowest BCUT2D eigenvalue weighted by Gasteiger charge is -2.46. The van der Waals surface area contributed by atoms with Crippen molar-refractivity contribution in [3.8, 4) is 5.75 Å². The molecule has 21 heavy (non-hydrogen) atoms. The number of aromatic nitrogens is 1. The van der Waals surface area contributed by atoms with E-state index in [1.807, 2.05) is 23.9 Å². The largest absolute Gasteiger partial charge is 0.488 e. The number of ether oxygens (including phenoxy) is 1. The summed E-state index contributed by atoms with van der Waals surface area (Å²) in [5.41, 5.74) is 0. The van der Waals surface area contributed by atoms with Crippen LogP contribution in [0, 0.1) is 0 Å². The third kappa shape index (κ3) is 2.55. The van der Waals surface area contributed by atoms with E-state index in [1.54, 1.807) is 16.7 Å². The number of pyridine rings is 1. The second-order valence-corrected chi connectivity index (χ2v) is 9.84. The lowest BCUT2D eigenvalue weighted by molar-refractivity contribution is 0.159. The Kier molecular flexibility index (Phi) is 3.20. The van der Waals surface area contributed by atoms with Gasteiger partial charge in [-0.1, -0.05) is 0 Å². The Hall–Kier alpha value is -0.790. The summed E-state index contributed by atoms with van der Waals surface area (Å²) in [5.74, 6) is 1.72. The van der Waals surface area contributed by atoms with Crippen molar-refractivity contribution in [2.45, 2.75) is 35.4 Å². The third-order valence-electron chi connectivity index (χ3n) is 4.35. The van der Waals surface area contributed by atoms with Gasteiger partial charge in [0.1, 0.15) is 11.9 Å². The quantitative estimate of drug-likeness (QED) is 0.839. The van der Waals surface area contributed by atoms with Crippen LogP contribution in [-0.2, 0) is 10.0 Å². The number of rotatable bonds is 4. The van der Waals surface area contributed by atoms with E-state index in [0.717, 1.165) is 30.8 Å². The van der Waals surface area contributed by atoms with Gasteiger partial charge in [0, 0.05) is 36.2 Å². The molecule has 1 aromatic rings. The van der Waals surface area contributed by atoms with Crippen molar-refractivity contribution in [2.24, 2.45) is 0 Å². The summed E-state index contributed by atoms with van der Waals surface area (Å²) in [5, 5.41) is -0.0938. The van der Waals surface area contributed by atoms with E-state index in [2.05, 4.69) is 4.98 Å². The number of hydrogen-bond acceptors (Lipinski definition) is 5. The summed E-state index contributed by atoms with van der Waals surface area (Å²) in [6, 6.07) is 3.77. The lowest BCUT2D eigenvalue weighted by Crippen LogP contribution is -2.61. The molecule has 0 unspecified atom stereocenters. The second-order valence-electron chi connectivity index (χ2n) is 6.14. The zero-order valence-electron chi connectivity index (χ0n) is 11.6. The highest BCUT2D eigenvalue weighted by Crippen LogP contribution is 2.48. The van der Waals surface area contributed by atoms with E-state index in [0.29, 0.717) is 13.1 Å². The van der Waals surface area contributed by atoms with E-state index < -0.39 is 10.0 Å². The predicted molar refractivity (Wildman–Crippen MR) is 82.0 cm³/mol. The minimum Gasteiger partial charge on any atom is -0.488 e. The highest BCUT2D eigenvalue weighted by atomic mass is 32.2. The molecular formula is C14H18N2O3S2. The van der Waals surface area contributed by atoms with Crippen LogP contribution in [0.3, 0.4) is 0 Å². The number of hydrogen-bond donors (Lipinski definition) is 0. The molecule has 7 heteroatoms. The molecule has 114 valence electrons. The van der Waals surface area contributed by atoms with Gasteiger partial charge in [-0.25, -0.2) is 8.42 Å². The van der Waals surface area contributed by atoms with Crippen molar-refractivity contribution in [3.05, 3.63) is 24.5 Å². The van der Waals surface area contributed by atoms with Crippen LogP contribution in [0.1, 0.15) is 19.3 Å². The Labute approximate surface area is 129 Å². The summed E-state index contributed by atoms with van der Waals surface area (Å²) in [7, 11) is -3.00. The first-order valence-electron chi connectivity index (χ1n) is 7.27. The van der Waals surface area contributed by atoms with Crippen molar-refractivity contribution in [1.29, 1.82) is 0 Å². The van der Waals surface area contributed by atoms with Crippen LogP contribution < -0.4 is 4.74 Å². The van der Waals surface area contributed by atoms with Crippen molar-refractivity contribution in [2.75, 3.05) is 18.8 Å². The fourth-order valence-electron chi connectivity index (χ4n) is 3.06. The van der Waals surface area contributed by atoms with Gasteiger partial charge in [-0.3, -0.25) is 4.98 Å². The first-order chi connectivity index (χ1) is 10.1. The molecule has 1 saturated carbocycles. The smallest absolute Gasteiger partial charge is 0.217 e. The molecule has 0 amide bonds. The van der Waals surface area contributed by atoms with Crippen LogP contribution >= 0.6 is 11.8 Å². The molecule has 3 aliphatic rings. The normalized spacial score (nSPS) is 28.5. The van der Waals surface area contributed by atoms with E-state index in [9.17, 15) is 8.42 Å². The SMILES string of the molecule is O=S(=O)(C1CC1)N1CC2(C[C@@H](Oc3cccnc3)CS2)C1. The third-order valence-corrected chi connectivity index (χ3v) is 8.21. The van der Waals surface area contributed by atoms with Crippen molar-refractivity contribution in [3.63, 3.8) is 0 Å². The van der Waals surface area contributed by atoms with Crippen molar-refractivity contribution in [1.82, 2.24) is 9.29 Å². The summed E-state index contributed by atoms with van der Waals surface area (Å²) >= 11 is 1.86. The molecule has 0 radical (unpaired) electrons. The monoisotopic (exact) mass is 326 g/mol. The predicted octanol–water partition coefficient (Wildman–Crippen LogP) is 1.51. The molecule has 0 bridgehead atoms. The summed E-state index contributed by atoms with van der Waals surface area (Å²) in [6.45, 7) is 1.31. The fraction of sp³-hybridized carbons (Fsp3) is 0.643. The molecule has 3 fully saturated rings. The topological polar surface area (TPSA) is 59.5 Å². The van der Waals surface area contributed by atoms with Gasteiger partial charge in [0.15, 0.2) is 0 Å². The van der Waals surface area contributed by atoms with Crippen LogP contribution in [0.2, 0.25) is 0 Å². The Bertz CT molecular complexity index is 625. The minimum absolute atomic E-state index is 0.0782. The molecule has 0 aromatic carbocycles. The Balaban J connectivity index is 1.35. The van der Waals surface area contributed by atoms with E-state index in [-0.39, 0.29) is 16.1 Å². The van der Waals surface area contributed by atoms with Gasteiger partial charge in [-0.05, 0) is 25.0 Å². The summed E-state index contributed by atoms with van der Waals surface area (Å²) < 4.78 is 32.0. The molecule has 4 rings (SSSR count). The van der Waals surface area contributed by atoms with Gasteiger partial charge >= 0.3 is 0 Å². The van der Waals surface area contributed by atoms with Crippen LogP contribution in [0.25, 0.3) is 0 Å². The summed E-state index contributed by atoms with van der Waals surface area (Å²) in [6.07, 6.45) is 6.20. The highest BCUT2D eigenvalue weighted by Gasteiger charge is 2.55. The van der Waals surface area contributed by atoms with Gasteiger partial charge in [0.05, 0.1) is 11.4 Å². The summed E-state index contributed by atoms with van der Waals surface area (Å²) in [4.78, 5) is 4.05.